The first-order chi connectivity index (χ1) is 9.24. The quantitative estimate of drug-likeness (QED) is 0.305. The zero-order chi connectivity index (χ0) is 17.2. The van der Waals surface area contributed by atoms with E-state index in [1.165, 1.54) is 0 Å². The van der Waals surface area contributed by atoms with E-state index in [9.17, 15) is 0 Å². The molecule has 0 saturated carbocycles. The molecule has 0 rings (SSSR count). The van der Waals surface area contributed by atoms with Crippen molar-refractivity contribution in [2.24, 2.45) is 2.97 Å². The third-order valence-corrected chi connectivity index (χ3v) is 19.7. The van der Waals surface area contributed by atoms with Crippen molar-refractivity contribution >= 4 is 40.2 Å². The topological polar surface area (TPSA) is 18.8 Å². The van der Waals surface area contributed by atoms with E-state index < -0.39 is 24.7 Å². The molecule has 0 saturated heterocycles. The van der Waals surface area contributed by atoms with Gasteiger partial charge in [-0.15, -0.1) is 0 Å². The Morgan fingerprint density at radius 3 is 1.10 bits per heavy atom. The summed E-state index contributed by atoms with van der Waals surface area (Å²) in [5.41, 5.74) is 0. The van der Waals surface area contributed by atoms with Crippen LogP contribution < -0.4 is 0 Å². The molecule has 0 aromatic carbocycles. The predicted octanol–water partition coefficient (Wildman–Crippen LogP) is 6.40. The van der Waals surface area contributed by atoms with Crippen LogP contribution in [0.4, 0.5) is 0 Å². The summed E-state index contributed by atoms with van der Waals surface area (Å²) in [5.74, 6) is 0. The van der Waals surface area contributed by atoms with Crippen LogP contribution in [-0.4, -0.2) is 52.2 Å². The fourth-order valence-corrected chi connectivity index (χ4v) is 28.8. The second kappa shape index (κ2) is 8.50. The molecule has 0 aliphatic carbocycles. The summed E-state index contributed by atoms with van der Waals surface area (Å²) in [7, 11) is 0. The summed E-state index contributed by atoms with van der Waals surface area (Å²) in [5, 5.41) is 0. The van der Waals surface area contributed by atoms with Gasteiger partial charge >= 0.3 is 147 Å². The summed E-state index contributed by atoms with van der Waals surface area (Å²) in [4.78, 5) is 7.22. The second-order valence-corrected chi connectivity index (χ2v) is 27.0. The minimum atomic E-state index is -2.32. The van der Waals surface area contributed by atoms with Crippen LogP contribution in [0.3, 0.4) is 0 Å². The number of hydrogen-bond donors (Lipinski definition) is 0. The molecule has 0 atom stereocenters. The summed E-state index contributed by atoms with van der Waals surface area (Å²) < 4.78 is 10.8. The molecule has 0 radical (unpaired) electrons. The Morgan fingerprint density at radius 2 is 0.952 bits per heavy atom. The molecule has 0 N–H and O–H groups in total. The van der Waals surface area contributed by atoms with Crippen LogP contribution in [0.5, 0.6) is 0 Å². The number of hydrogen-bond acceptors (Lipinski definition) is 1. The van der Waals surface area contributed by atoms with E-state index in [1.807, 2.05) is 0 Å². The van der Waals surface area contributed by atoms with Crippen molar-refractivity contribution in [2.45, 2.75) is 94.4 Å². The van der Waals surface area contributed by atoms with E-state index >= 15 is 0 Å². The average molecular weight is 489 g/mol. The standard InChI is InChI=1S/C12H28BrN3P.3CH3.Sn/c1-9(2)15(10(3)4)17(13,14)16(11(5)6)12(7)8;;;;/h9-12H,1-8H3;3*1H3;/q-1;;;;+1. The Hall–Kier alpha value is 1.43. The van der Waals surface area contributed by atoms with Crippen molar-refractivity contribution in [1.82, 2.24) is 9.34 Å². The molecule has 0 aromatic rings. The summed E-state index contributed by atoms with van der Waals surface area (Å²) in [6.07, 6.45) is 0. The summed E-state index contributed by atoms with van der Waals surface area (Å²) >= 11 is 1.89. The molecule has 0 fully saturated rings. The van der Waals surface area contributed by atoms with Gasteiger partial charge < -0.3 is 0 Å². The molecule has 3 nitrogen and oxygen atoms in total. The molecule has 0 amide bonds. The molecule has 6 heteroatoms. The van der Waals surface area contributed by atoms with Gasteiger partial charge in [-0.1, -0.05) is 0 Å². The molecule has 0 aliphatic rings. The van der Waals surface area contributed by atoms with E-state index in [2.05, 4.69) is 95.0 Å². The van der Waals surface area contributed by atoms with Gasteiger partial charge in [0.2, 0.25) is 0 Å². The van der Waals surface area contributed by atoms with Crippen LogP contribution in [0.1, 0.15) is 55.4 Å². The van der Waals surface area contributed by atoms with Gasteiger partial charge in [-0.25, -0.2) is 0 Å². The average Bonchev–Trinajstić information content (AvgIpc) is 2.08. The predicted molar refractivity (Wildman–Crippen MR) is 106 cm³/mol. The van der Waals surface area contributed by atoms with Gasteiger partial charge in [-0.2, -0.15) is 0 Å². The van der Waals surface area contributed by atoms with Gasteiger partial charge in [0.15, 0.2) is 0 Å². The normalized spacial score (nSPS) is 14.4. The van der Waals surface area contributed by atoms with Crippen molar-refractivity contribution in [1.29, 1.82) is 0 Å². The molecular weight excluding hydrogens is 452 g/mol. The maximum atomic E-state index is 5.52. The first-order valence-electron chi connectivity index (χ1n) is 8.14. The Morgan fingerprint density at radius 1 is 0.714 bits per heavy atom. The van der Waals surface area contributed by atoms with Gasteiger partial charge in [-0.3, -0.25) is 0 Å². The van der Waals surface area contributed by atoms with E-state index in [1.54, 1.807) is 0 Å². The van der Waals surface area contributed by atoms with Crippen molar-refractivity contribution in [3.05, 3.63) is 0 Å². The Kier molecular flexibility index (Phi) is 9.08. The van der Waals surface area contributed by atoms with Crippen LogP contribution in [0.2, 0.25) is 14.8 Å². The van der Waals surface area contributed by atoms with Gasteiger partial charge in [-0.05, 0) is 0 Å². The third-order valence-electron chi connectivity index (χ3n) is 3.13. The van der Waals surface area contributed by atoms with Crippen LogP contribution in [0.25, 0.3) is 0 Å². The van der Waals surface area contributed by atoms with E-state index in [4.69, 9.17) is 2.97 Å². The van der Waals surface area contributed by atoms with Crippen molar-refractivity contribution in [3.63, 3.8) is 0 Å². The zero-order valence-electron chi connectivity index (χ0n) is 16.0. The monoisotopic (exact) mass is 489 g/mol. The zero-order valence-corrected chi connectivity index (χ0v) is 21.3. The minimum absolute atomic E-state index is 0.482. The van der Waals surface area contributed by atoms with E-state index in [0.29, 0.717) is 24.2 Å². The Labute approximate surface area is 146 Å². The van der Waals surface area contributed by atoms with E-state index in [0.717, 1.165) is 0 Å². The Bertz CT molecular complexity index is 336. The molecule has 0 aromatic heterocycles. The SMILES string of the molecule is CC(C)N(C(C)C)P(Br)(=[N][Sn]([CH3])([CH3])[CH3])N(C(C)C)C(C)C. The van der Waals surface area contributed by atoms with Crippen LogP contribution in [-0.2, 0) is 0 Å². The molecule has 0 heterocycles. The molecule has 21 heavy (non-hydrogen) atoms. The molecule has 0 aliphatic heterocycles. The van der Waals surface area contributed by atoms with Crippen molar-refractivity contribution in [2.75, 3.05) is 0 Å². The molecule has 0 unspecified atom stereocenters. The van der Waals surface area contributed by atoms with Crippen molar-refractivity contribution < 1.29 is 0 Å². The Balaban J connectivity index is 6.32. The van der Waals surface area contributed by atoms with Crippen molar-refractivity contribution in [3.8, 4) is 0 Å². The molecule has 0 bridgehead atoms. The molecular formula is C15H37BrN3PSn. The van der Waals surface area contributed by atoms with Crippen LogP contribution >= 0.6 is 21.5 Å². The van der Waals surface area contributed by atoms with Gasteiger partial charge in [0.1, 0.15) is 0 Å². The van der Waals surface area contributed by atoms with Gasteiger partial charge in [0, 0.05) is 0 Å². The van der Waals surface area contributed by atoms with Gasteiger partial charge in [0.25, 0.3) is 0 Å². The number of nitrogens with zero attached hydrogens (tertiary/aromatic N) is 3. The number of rotatable bonds is 7. The number of halogens is 1. The van der Waals surface area contributed by atoms with Crippen LogP contribution in [0.15, 0.2) is 2.97 Å². The molecule has 128 valence electrons. The summed E-state index contributed by atoms with van der Waals surface area (Å²) in [6.45, 7) is 18.4. The van der Waals surface area contributed by atoms with Gasteiger partial charge in [0.05, 0.1) is 0 Å². The molecule has 0 spiro atoms. The van der Waals surface area contributed by atoms with Crippen LogP contribution in [0, 0.1) is 0 Å². The first kappa shape index (κ1) is 22.4. The maximum absolute atomic E-state index is 5.52. The fourth-order valence-electron chi connectivity index (χ4n) is 2.97. The summed E-state index contributed by atoms with van der Waals surface area (Å²) in [6, 6.07) is 0.0881. The first-order valence-corrected chi connectivity index (χ1v) is 21.6. The fraction of sp³-hybridized carbons (Fsp3) is 1.00. The second-order valence-electron chi connectivity index (χ2n) is 7.90. The van der Waals surface area contributed by atoms with E-state index in [-0.39, 0.29) is 0 Å². The third kappa shape index (κ3) is 6.44.